The number of aromatic nitrogens is 1. The van der Waals surface area contributed by atoms with Crippen molar-refractivity contribution in [2.45, 2.75) is 0 Å². The first kappa shape index (κ1) is 5.29. The summed E-state index contributed by atoms with van der Waals surface area (Å²) >= 11 is 0. The van der Waals surface area contributed by atoms with Gasteiger partial charge in [0.2, 0.25) is 0 Å². The summed E-state index contributed by atoms with van der Waals surface area (Å²) in [5.41, 5.74) is 0. The molecule has 0 aliphatic carbocycles. The zero-order valence-electron chi connectivity index (χ0n) is 5.15. The Kier molecular flexibility index (Phi) is 1.07. The number of oxazole rings is 1. The highest BCUT2D eigenvalue weighted by molar-refractivity contribution is 5.46. The monoisotopic (exact) mass is 135 g/mol. The molecule has 2 aromatic rings. The molecule has 0 aliphatic heterocycles. The van der Waals surface area contributed by atoms with E-state index in [1.165, 1.54) is 6.39 Å². The summed E-state index contributed by atoms with van der Waals surface area (Å²) in [7, 11) is 0. The Hall–Kier alpha value is -1.51. The first-order valence-corrected chi connectivity index (χ1v) is 2.89. The predicted molar refractivity (Wildman–Crippen MR) is 34.2 cm³/mol. The minimum absolute atomic E-state index is 0.657. The lowest BCUT2D eigenvalue weighted by atomic mass is 10.4. The SMILES string of the molecule is c1coc(-c2cnco2)c1. The average molecular weight is 135 g/mol. The van der Waals surface area contributed by atoms with Gasteiger partial charge in [0.15, 0.2) is 17.9 Å². The average Bonchev–Trinajstić information content (AvgIpc) is 2.59. The molecule has 0 atom stereocenters. The molecule has 50 valence electrons. The van der Waals surface area contributed by atoms with Crippen LogP contribution in [0.3, 0.4) is 0 Å². The third-order valence-corrected chi connectivity index (χ3v) is 1.20. The van der Waals surface area contributed by atoms with Crippen LogP contribution in [0.2, 0.25) is 0 Å². The summed E-state index contributed by atoms with van der Waals surface area (Å²) < 4.78 is 10.0. The maximum Gasteiger partial charge on any atom is 0.189 e. The van der Waals surface area contributed by atoms with E-state index in [1.807, 2.05) is 6.07 Å². The Morgan fingerprint density at radius 3 is 2.80 bits per heavy atom. The molecule has 0 fully saturated rings. The van der Waals surface area contributed by atoms with E-state index in [0.29, 0.717) is 11.5 Å². The van der Waals surface area contributed by atoms with Gasteiger partial charge in [-0.3, -0.25) is 0 Å². The lowest BCUT2D eigenvalue weighted by Gasteiger charge is -1.83. The van der Waals surface area contributed by atoms with Crippen LogP contribution in [0.15, 0.2) is 39.8 Å². The van der Waals surface area contributed by atoms with Crippen molar-refractivity contribution in [2.24, 2.45) is 0 Å². The van der Waals surface area contributed by atoms with Crippen molar-refractivity contribution in [1.29, 1.82) is 0 Å². The third-order valence-electron chi connectivity index (χ3n) is 1.20. The van der Waals surface area contributed by atoms with Gasteiger partial charge in [0.1, 0.15) is 0 Å². The van der Waals surface area contributed by atoms with Gasteiger partial charge in [-0.05, 0) is 12.1 Å². The van der Waals surface area contributed by atoms with Crippen LogP contribution < -0.4 is 0 Å². The van der Waals surface area contributed by atoms with Crippen LogP contribution in [0.4, 0.5) is 0 Å². The van der Waals surface area contributed by atoms with E-state index in [0.717, 1.165) is 0 Å². The zero-order valence-corrected chi connectivity index (χ0v) is 5.15. The van der Waals surface area contributed by atoms with E-state index in [9.17, 15) is 0 Å². The van der Waals surface area contributed by atoms with Crippen molar-refractivity contribution in [3.8, 4) is 11.5 Å². The summed E-state index contributed by atoms with van der Waals surface area (Å²) in [4.78, 5) is 3.75. The Morgan fingerprint density at radius 1 is 1.20 bits per heavy atom. The molecule has 2 aromatic heterocycles. The van der Waals surface area contributed by atoms with Crippen LogP contribution in [-0.4, -0.2) is 4.98 Å². The van der Waals surface area contributed by atoms with E-state index in [4.69, 9.17) is 8.83 Å². The summed E-state index contributed by atoms with van der Waals surface area (Å²) in [6, 6.07) is 3.62. The Bertz CT molecular complexity index is 251. The molecule has 3 nitrogen and oxygen atoms in total. The van der Waals surface area contributed by atoms with Crippen LogP contribution >= 0.6 is 0 Å². The van der Waals surface area contributed by atoms with E-state index >= 15 is 0 Å². The predicted octanol–water partition coefficient (Wildman–Crippen LogP) is 1.93. The maximum atomic E-state index is 5.04. The van der Waals surface area contributed by atoms with Gasteiger partial charge in [0.05, 0.1) is 12.5 Å². The topological polar surface area (TPSA) is 39.2 Å². The molecule has 0 unspecified atom stereocenters. The lowest BCUT2D eigenvalue weighted by Crippen LogP contribution is -1.62. The van der Waals surface area contributed by atoms with Crippen molar-refractivity contribution >= 4 is 0 Å². The van der Waals surface area contributed by atoms with E-state index in [1.54, 1.807) is 18.5 Å². The van der Waals surface area contributed by atoms with Gasteiger partial charge >= 0.3 is 0 Å². The van der Waals surface area contributed by atoms with Crippen LogP contribution in [0.5, 0.6) is 0 Å². The van der Waals surface area contributed by atoms with E-state index < -0.39 is 0 Å². The van der Waals surface area contributed by atoms with Crippen LogP contribution in [0, 0.1) is 0 Å². The Balaban J connectivity index is 2.48. The fourth-order valence-corrected chi connectivity index (χ4v) is 0.756. The van der Waals surface area contributed by atoms with Gasteiger partial charge in [0, 0.05) is 0 Å². The van der Waals surface area contributed by atoms with Gasteiger partial charge in [-0.15, -0.1) is 0 Å². The van der Waals surface area contributed by atoms with Crippen molar-refractivity contribution < 1.29 is 8.83 Å². The molecule has 0 saturated carbocycles. The largest absolute Gasteiger partial charge is 0.461 e. The fraction of sp³-hybridized carbons (Fsp3) is 0. The maximum absolute atomic E-state index is 5.04. The molecule has 0 saturated heterocycles. The molecule has 2 rings (SSSR count). The summed E-state index contributed by atoms with van der Waals surface area (Å²) in [6.45, 7) is 0. The van der Waals surface area contributed by atoms with Crippen molar-refractivity contribution in [3.05, 3.63) is 31.0 Å². The molecule has 0 spiro atoms. The fourth-order valence-electron chi connectivity index (χ4n) is 0.756. The molecule has 3 heteroatoms. The second-order valence-corrected chi connectivity index (χ2v) is 1.84. The minimum atomic E-state index is 0.657. The number of hydrogen-bond donors (Lipinski definition) is 0. The molecule has 0 aliphatic rings. The van der Waals surface area contributed by atoms with E-state index in [2.05, 4.69) is 4.98 Å². The number of nitrogens with zero attached hydrogens (tertiary/aromatic N) is 1. The van der Waals surface area contributed by atoms with Crippen molar-refractivity contribution in [3.63, 3.8) is 0 Å². The van der Waals surface area contributed by atoms with Crippen molar-refractivity contribution in [1.82, 2.24) is 4.98 Å². The summed E-state index contributed by atoms with van der Waals surface area (Å²) in [6.07, 6.45) is 4.58. The lowest BCUT2D eigenvalue weighted by molar-refractivity contribution is 0.521. The molecule has 0 aromatic carbocycles. The minimum Gasteiger partial charge on any atom is -0.461 e. The van der Waals surface area contributed by atoms with Gasteiger partial charge in [-0.2, -0.15) is 0 Å². The second-order valence-electron chi connectivity index (χ2n) is 1.84. The highest BCUT2D eigenvalue weighted by Crippen LogP contribution is 2.17. The van der Waals surface area contributed by atoms with Crippen LogP contribution in [0.1, 0.15) is 0 Å². The highest BCUT2D eigenvalue weighted by Gasteiger charge is 2.01. The first-order valence-electron chi connectivity index (χ1n) is 2.89. The molecule has 10 heavy (non-hydrogen) atoms. The normalized spacial score (nSPS) is 10.0. The number of hydrogen-bond acceptors (Lipinski definition) is 3. The van der Waals surface area contributed by atoms with E-state index in [-0.39, 0.29) is 0 Å². The number of rotatable bonds is 1. The Labute approximate surface area is 57.3 Å². The molecule has 0 bridgehead atoms. The molecular weight excluding hydrogens is 130 g/mol. The quantitative estimate of drug-likeness (QED) is 0.599. The zero-order chi connectivity index (χ0) is 6.81. The molecular formula is C7H5NO2. The van der Waals surface area contributed by atoms with Crippen molar-refractivity contribution in [2.75, 3.05) is 0 Å². The molecule has 0 N–H and O–H groups in total. The van der Waals surface area contributed by atoms with Gasteiger partial charge < -0.3 is 8.83 Å². The standard InChI is InChI=1S/C7H5NO2/c1-2-6(9-3-1)7-4-8-5-10-7/h1-5H. The summed E-state index contributed by atoms with van der Waals surface area (Å²) in [5, 5.41) is 0. The van der Waals surface area contributed by atoms with Gasteiger partial charge in [0.25, 0.3) is 0 Å². The second kappa shape index (κ2) is 2.02. The van der Waals surface area contributed by atoms with Gasteiger partial charge in [-0.1, -0.05) is 0 Å². The molecule has 2 heterocycles. The van der Waals surface area contributed by atoms with Crippen LogP contribution in [0.25, 0.3) is 11.5 Å². The Morgan fingerprint density at radius 2 is 2.20 bits per heavy atom. The first-order chi connectivity index (χ1) is 4.97. The third kappa shape index (κ3) is 0.719. The summed E-state index contributed by atoms with van der Waals surface area (Å²) in [5.74, 6) is 1.36. The van der Waals surface area contributed by atoms with Gasteiger partial charge in [-0.25, -0.2) is 4.98 Å². The van der Waals surface area contributed by atoms with Crippen LogP contribution in [-0.2, 0) is 0 Å². The highest BCUT2D eigenvalue weighted by atomic mass is 16.4. The number of furan rings is 1. The molecule has 0 amide bonds. The smallest absolute Gasteiger partial charge is 0.189 e. The molecule has 0 radical (unpaired) electrons.